The summed E-state index contributed by atoms with van der Waals surface area (Å²) in [6, 6.07) is 8.21. The first kappa shape index (κ1) is 16.8. The topological polar surface area (TPSA) is 54.2 Å². The molecule has 1 fully saturated rings. The van der Waals surface area contributed by atoms with E-state index in [9.17, 15) is 0 Å². The molecule has 1 aromatic heterocycles. The average Bonchev–Trinajstić information content (AvgIpc) is 2.97. The third-order valence-corrected chi connectivity index (χ3v) is 4.03. The molecule has 6 heteroatoms. The van der Waals surface area contributed by atoms with Crippen LogP contribution in [0.5, 0.6) is 0 Å². The van der Waals surface area contributed by atoms with Gasteiger partial charge < -0.3 is 14.7 Å². The van der Waals surface area contributed by atoms with Gasteiger partial charge in [0, 0.05) is 31.8 Å². The molecule has 1 N–H and O–H groups in total. The van der Waals surface area contributed by atoms with Gasteiger partial charge in [0.05, 0.1) is 0 Å². The zero-order valence-corrected chi connectivity index (χ0v) is 13.9. The number of benzene rings is 1. The van der Waals surface area contributed by atoms with E-state index >= 15 is 0 Å². The fraction of sp³-hybridized carbons (Fsp3) is 0.500. The van der Waals surface area contributed by atoms with Crippen LogP contribution in [-0.2, 0) is 6.42 Å². The van der Waals surface area contributed by atoms with Crippen molar-refractivity contribution >= 4 is 18.1 Å². The molecule has 2 aromatic rings. The lowest BCUT2D eigenvalue weighted by Crippen LogP contribution is -2.28. The number of anilines is 1. The summed E-state index contributed by atoms with van der Waals surface area (Å²) in [6.45, 7) is 2.19. The Bertz CT molecular complexity index is 576. The summed E-state index contributed by atoms with van der Waals surface area (Å²) in [5.41, 5.74) is 2.16. The highest BCUT2D eigenvalue weighted by atomic mass is 35.5. The summed E-state index contributed by atoms with van der Waals surface area (Å²) < 4.78 is 5.41. The number of nitrogens with one attached hydrogen (secondary N) is 1. The summed E-state index contributed by atoms with van der Waals surface area (Å²) in [6.07, 6.45) is 3.27. The van der Waals surface area contributed by atoms with E-state index in [4.69, 9.17) is 4.52 Å². The minimum Gasteiger partial charge on any atom is -0.378 e. The molecule has 0 saturated carbocycles. The van der Waals surface area contributed by atoms with Crippen molar-refractivity contribution in [3.05, 3.63) is 30.2 Å². The molecular formula is C16H23ClN4O. The molecule has 1 aromatic carbocycles. The summed E-state index contributed by atoms with van der Waals surface area (Å²) >= 11 is 0. The lowest BCUT2D eigenvalue weighted by molar-refractivity contribution is 0.313. The second kappa shape index (κ2) is 7.61. The Morgan fingerprint density at radius 1 is 1.18 bits per heavy atom. The van der Waals surface area contributed by atoms with Gasteiger partial charge in [-0.25, -0.2) is 0 Å². The van der Waals surface area contributed by atoms with E-state index in [1.807, 2.05) is 26.2 Å². The summed E-state index contributed by atoms with van der Waals surface area (Å²) in [7, 11) is 4.06. The van der Waals surface area contributed by atoms with Gasteiger partial charge in [0.2, 0.25) is 11.7 Å². The van der Waals surface area contributed by atoms with Crippen LogP contribution in [0.3, 0.4) is 0 Å². The highest BCUT2D eigenvalue weighted by molar-refractivity contribution is 5.85. The van der Waals surface area contributed by atoms with Crippen LogP contribution < -0.4 is 10.2 Å². The van der Waals surface area contributed by atoms with E-state index in [0.29, 0.717) is 11.7 Å². The Labute approximate surface area is 137 Å². The van der Waals surface area contributed by atoms with Crippen LogP contribution in [0.2, 0.25) is 0 Å². The standard InChI is InChI=1S/C16H22N4O.ClH/c1-20(2)14-5-3-13(4-6-14)16-18-15(21-19-16)11-12-7-9-17-10-8-12;/h3-6,12,17H,7-11H2,1-2H3;1H. The Balaban J connectivity index is 0.00000176. The van der Waals surface area contributed by atoms with E-state index in [1.165, 1.54) is 12.8 Å². The Hall–Kier alpha value is -1.59. The van der Waals surface area contributed by atoms with Gasteiger partial charge in [-0.05, 0) is 56.1 Å². The molecule has 0 amide bonds. The zero-order chi connectivity index (χ0) is 14.7. The SMILES string of the molecule is CN(C)c1ccc(-c2noc(CC3CCNCC3)n2)cc1.Cl. The maximum absolute atomic E-state index is 5.41. The fourth-order valence-electron chi connectivity index (χ4n) is 2.70. The van der Waals surface area contributed by atoms with Gasteiger partial charge in [-0.2, -0.15) is 4.98 Å². The molecule has 1 saturated heterocycles. The summed E-state index contributed by atoms with van der Waals surface area (Å²) in [5, 5.41) is 7.49. The third kappa shape index (κ3) is 3.99. The second-order valence-electron chi connectivity index (χ2n) is 5.85. The molecule has 0 aliphatic carbocycles. The minimum atomic E-state index is 0. The highest BCUT2D eigenvalue weighted by Crippen LogP contribution is 2.22. The summed E-state index contributed by atoms with van der Waals surface area (Å²) in [5.74, 6) is 2.11. The van der Waals surface area contributed by atoms with Crippen molar-refractivity contribution in [1.82, 2.24) is 15.5 Å². The Morgan fingerprint density at radius 3 is 2.50 bits per heavy atom. The highest BCUT2D eigenvalue weighted by Gasteiger charge is 2.17. The lowest BCUT2D eigenvalue weighted by atomic mass is 9.95. The van der Waals surface area contributed by atoms with E-state index in [0.717, 1.165) is 36.7 Å². The van der Waals surface area contributed by atoms with Gasteiger partial charge in [0.15, 0.2) is 0 Å². The second-order valence-corrected chi connectivity index (χ2v) is 5.85. The van der Waals surface area contributed by atoms with Crippen LogP contribution in [0.4, 0.5) is 5.69 Å². The van der Waals surface area contributed by atoms with E-state index in [-0.39, 0.29) is 12.4 Å². The molecule has 5 nitrogen and oxygen atoms in total. The number of nitrogens with zero attached hydrogens (tertiary/aromatic N) is 3. The van der Waals surface area contributed by atoms with Gasteiger partial charge in [0.25, 0.3) is 0 Å². The molecule has 2 heterocycles. The first-order valence-corrected chi connectivity index (χ1v) is 7.53. The molecule has 0 spiro atoms. The predicted octanol–water partition coefficient (Wildman–Crippen LogP) is 2.77. The van der Waals surface area contributed by atoms with Crippen LogP contribution in [0, 0.1) is 5.92 Å². The van der Waals surface area contributed by atoms with Crippen LogP contribution in [0.1, 0.15) is 18.7 Å². The van der Waals surface area contributed by atoms with Crippen molar-refractivity contribution in [2.24, 2.45) is 5.92 Å². The lowest BCUT2D eigenvalue weighted by Gasteiger charge is -2.20. The van der Waals surface area contributed by atoms with Crippen LogP contribution in [0.25, 0.3) is 11.4 Å². The molecule has 22 heavy (non-hydrogen) atoms. The Morgan fingerprint density at radius 2 is 1.86 bits per heavy atom. The number of rotatable bonds is 4. The van der Waals surface area contributed by atoms with Gasteiger partial charge in [-0.15, -0.1) is 12.4 Å². The van der Waals surface area contributed by atoms with Gasteiger partial charge in [-0.1, -0.05) is 5.16 Å². The first-order chi connectivity index (χ1) is 10.2. The van der Waals surface area contributed by atoms with Crippen molar-refractivity contribution in [1.29, 1.82) is 0 Å². The minimum absolute atomic E-state index is 0. The van der Waals surface area contributed by atoms with Crippen molar-refractivity contribution in [2.45, 2.75) is 19.3 Å². The molecule has 1 aliphatic rings. The van der Waals surface area contributed by atoms with E-state index < -0.39 is 0 Å². The molecule has 0 bridgehead atoms. The molecule has 1 aliphatic heterocycles. The average molecular weight is 323 g/mol. The van der Waals surface area contributed by atoms with Gasteiger partial charge in [-0.3, -0.25) is 0 Å². The molecule has 0 unspecified atom stereocenters. The fourth-order valence-corrected chi connectivity index (χ4v) is 2.70. The molecule has 0 atom stereocenters. The summed E-state index contributed by atoms with van der Waals surface area (Å²) in [4.78, 5) is 6.61. The van der Waals surface area contributed by atoms with E-state index in [1.54, 1.807) is 0 Å². The molecular weight excluding hydrogens is 300 g/mol. The first-order valence-electron chi connectivity index (χ1n) is 7.53. The van der Waals surface area contributed by atoms with Crippen molar-refractivity contribution in [3.8, 4) is 11.4 Å². The predicted molar refractivity (Wildman–Crippen MR) is 90.6 cm³/mol. The number of hydrogen-bond donors (Lipinski definition) is 1. The maximum atomic E-state index is 5.41. The van der Waals surface area contributed by atoms with Crippen LogP contribution >= 0.6 is 12.4 Å². The number of aromatic nitrogens is 2. The smallest absolute Gasteiger partial charge is 0.227 e. The number of hydrogen-bond acceptors (Lipinski definition) is 5. The van der Waals surface area contributed by atoms with E-state index in [2.05, 4.69) is 32.5 Å². The van der Waals surface area contributed by atoms with Crippen LogP contribution in [-0.4, -0.2) is 37.3 Å². The normalized spacial score (nSPS) is 15.4. The zero-order valence-electron chi connectivity index (χ0n) is 13.1. The maximum Gasteiger partial charge on any atom is 0.227 e. The van der Waals surface area contributed by atoms with Gasteiger partial charge in [0.1, 0.15) is 0 Å². The number of halogens is 1. The van der Waals surface area contributed by atoms with Gasteiger partial charge >= 0.3 is 0 Å². The third-order valence-electron chi connectivity index (χ3n) is 4.03. The molecule has 0 radical (unpaired) electrons. The number of piperidine rings is 1. The monoisotopic (exact) mass is 322 g/mol. The Kier molecular flexibility index (Phi) is 5.80. The molecule has 3 rings (SSSR count). The van der Waals surface area contributed by atoms with Crippen molar-refractivity contribution < 1.29 is 4.52 Å². The largest absolute Gasteiger partial charge is 0.378 e. The van der Waals surface area contributed by atoms with Crippen molar-refractivity contribution in [3.63, 3.8) is 0 Å². The van der Waals surface area contributed by atoms with Crippen molar-refractivity contribution in [2.75, 3.05) is 32.1 Å². The quantitative estimate of drug-likeness (QED) is 0.938. The van der Waals surface area contributed by atoms with Crippen LogP contribution in [0.15, 0.2) is 28.8 Å². The molecule has 120 valence electrons.